The minimum absolute atomic E-state index is 0.0114. The third-order valence-electron chi connectivity index (χ3n) is 5.48. The maximum absolute atomic E-state index is 13.0. The Morgan fingerprint density at radius 1 is 1.12 bits per heavy atom. The van der Waals surface area contributed by atoms with Crippen LogP contribution in [0.2, 0.25) is 0 Å². The van der Waals surface area contributed by atoms with Crippen LogP contribution in [0.1, 0.15) is 72.5 Å². The molecule has 0 unspecified atom stereocenters. The number of benzene rings is 2. The SMILES string of the molecule is C[C@H]1CCCC(=O)CCC/C=C/c2cc(OCc3cccc(C(F)(F)F)c3)cc(O)c2C(=O)O1. The molecule has 182 valence electrons. The highest BCUT2D eigenvalue weighted by molar-refractivity contribution is 5.97. The molecule has 1 aliphatic rings. The van der Waals surface area contributed by atoms with Gasteiger partial charge in [-0.1, -0.05) is 24.3 Å². The summed E-state index contributed by atoms with van der Waals surface area (Å²) in [6, 6.07) is 7.56. The standard InChI is InChI=1S/C26H27F3O5/c1-17-7-5-12-21(30)11-4-2-3-9-19-14-22(15-23(31)24(19)25(32)34-17)33-16-18-8-6-10-20(13-18)26(27,28)29/h3,6,8-10,13-15,17,31H,2,4-5,7,11-12,16H2,1H3/b9-3+/t17-/m0/s1. The number of halogens is 3. The maximum Gasteiger partial charge on any atom is 0.416 e. The molecule has 1 N–H and O–H groups in total. The molecule has 2 aromatic carbocycles. The summed E-state index contributed by atoms with van der Waals surface area (Å²) in [7, 11) is 0. The number of ketones is 1. The number of ether oxygens (including phenoxy) is 2. The number of fused-ring (bicyclic) bond motifs is 1. The molecule has 5 nitrogen and oxygen atoms in total. The van der Waals surface area contributed by atoms with Crippen molar-refractivity contribution in [2.45, 2.75) is 64.3 Å². The lowest BCUT2D eigenvalue weighted by atomic mass is 10.0. The summed E-state index contributed by atoms with van der Waals surface area (Å²) in [5.41, 5.74) is -0.121. The molecule has 1 heterocycles. The van der Waals surface area contributed by atoms with Crippen LogP contribution >= 0.6 is 0 Å². The van der Waals surface area contributed by atoms with Crippen LogP contribution in [0.25, 0.3) is 6.08 Å². The van der Waals surface area contributed by atoms with Gasteiger partial charge in [0.25, 0.3) is 0 Å². The molecule has 0 aromatic heterocycles. The van der Waals surface area contributed by atoms with Crippen molar-refractivity contribution >= 4 is 17.8 Å². The van der Waals surface area contributed by atoms with E-state index in [1.54, 1.807) is 19.1 Å². The fraction of sp³-hybridized carbons (Fsp3) is 0.385. The lowest BCUT2D eigenvalue weighted by molar-refractivity contribution is -0.137. The first-order valence-corrected chi connectivity index (χ1v) is 11.2. The number of hydrogen-bond donors (Lipinski definition) is 1. The predicted octanol–water partition coefficient (Wildman–Crippen LogP) is 6.47. The second-order valence-corrected chi connectivity index (χ2v) is 8.33. The summed E-state index contributed by atoms with van der Waals surface area (Å²) < 4.78 is 49.9. The number of phenolic OH excluding ortho intramolecular Hbond substituents is 1. The van der Waals surface area contributed by atoms with E-state index >= 15 is 0 Å². The second kappa shape index (κ2) is 11.2. The molecule has 3 rings (SSSR count). The van der Waals surface area contributed by atoms with Crippen LogP contribution in [0.15, 0.2) is 42.5 Å². The summed E-state index contributed by atoms with van der Waals surface area (Å²) in [5, 5.41) is 10.6. The maximum atomic E-state index is 13.0. The van der Waals surface area contributed by atoms with Gasteiger partial charge < -0.3 is 14.6 Å². The van der Waals surface area contributed by atoms with Gasteiger partial charge in [-0.15, -0.1) is 0 Å². The summed E-state index contributed by atoms with van der Waals surface area (Å²) in [6.45, 7) is 1.57. The molecule has 0 amide bonds. The van der Waals surface area contributed by atoms with Gasteiger partial charge >= 0.3 is 12.1 Å². The molecule has 1 aliphatic heterocycles. The highest BCUT2D eigenvalue weighted by Crippen LogP contribution is 2.32. The van der Waals surface area contributed by atoms with Crippen LogP contribution in [0, 0.1) is 0 Å². The number of alkyl halides is 3. The Labute approximate surface area is 196 Å². The van der Waals surface area contributed by atoms with Gasteiger partial charge in [0.1, 0.15) is 29.5 Å². The first-order chi connectivity index (χ1) is 16.1. The summed E-state index contributed by atoms with van der Waals surface area (Å²) in [5.74, 6) is -0.680. The molecule has 0 aliphatic carbocycles. The zero-order chi connectivity index (χ0) is 24.7. The first kappa shape index (κ1) is 25.3. The topological polar surface area (TPSA) is 72.8 Å². The van der Waals surface area contributed by atoms with Crippen LogP contribution in [0.3, 0.4) is 0 Å². The number of Topliss-reactive ketones (excluding diaryl/α,β-unsaturated/α-hetero) is 1. The Balaban J connectivity index is 1.84. The van der Waals surface area contributed by atoms with E-state index in [1.807, 2.05) is 0 Å². The zero-order valence-corrected chi connectivity index (χ0v) is 18.9. The third-order valence-corrected chi connectivity index (χ3v) is 5.48. The van der Waals surface area contributed by atoms with Crippen LogP contribution in [0.4, 0.5) is 13.2 Å². The number of carbonyl (C=O) groups excluding carboxylic acids is 2. The number of cyclic esters (lactones) is 1. The van der Waals surface area contributed by atoms with E-state index in [0.717, 1.165) is 12.1 Å². The van der Waals surface area contributed by atoms with Gasteiger partial charge in [-0.25, -0.2) is 4.79 Å². The highest BCUT2D eigenvalue weighted by atomic mass is 19.4. The minimum atomic E-state index is -4.46. The molecule has 34 heavy (non-hydrogen) atoms. The quantitative estimate of drug-likeness (QED) is 0.514. The van der Waals surface area contributed by atoms with Gasteiger partial charge in [0.05, 0.1) is 11.7 Å². The average Bonchev–Trinajstić information content (AvgIpc) is 2.76. The van der Waals surface area contributed by atoms with Gasteiger partial charge in [0, 0.05) is 18.9 Å². The molecule has 8 heteroatoms. The Bertz CT molecular complexity index is 1060. The summed E-state index contributed by atoms with van der Waals surface area (Å²) in [6.07, 6.45) is 1.88. The second-order valence-electron chi connectivity index (χ2n) is 8.33. The minimum Gasteiger partial charge on any atom is -0.507 e. The largest absolute Gasteiger partial charge is 0.507 e. The Kier molecular flexibility index (Phi) is 8.36. The molecule has 1 atom stereocenters. The number of hydrogen-bond acceptors (Lipinski definition) is 5. The molecule has 0 spiro atoms. The van der Waals surface area contributed by atoms with Crippen molar-refractivity contribution in [3.63, 3.8) is 0 Å². The van der Waals surface area contributed by atoms with E-state index in [-0.39, 0.29) is 29.5 Å². The van der Waals surface area contributed by atoms with Crippen LogP contribution in [-0.4, -0.2) is 23.0 Å². The third kappa shape index (κ3) is 7.10. The van der Waals surface area contributed by atoms with E-state index in [2.05, 4.69) is 0 Å². The number of phenols is 1. The molecular formula is C26H27F3O5. The highest BCUT2D eigenvalue weighted by Gasteiger charge is 2.30. The van der Waals surface area contributed by atoms with Crippen LogP contribution in [0.5, 0.6) is 11.5 Å². The van der Waals surface area contributed by atoms with Crippen molar-refractivity contribution in [3.05, 3.63) is 64.7 Å². The van der Waals surface area contributed by atoms with E-state index in [9.17, 15) is 27.9 Å². The van der Waals surface area contributed by atoms with Gasteiger partial charge in [-0.05, 0) is 61.9 Å². The molecule has 2 aromatic rings. The van der Waals surface area contributed by atoms with Gasteiger partial charge in [0.15, 0.2) is 0 Å². The monoisotopic (exact) mass is 476 g/mol. The van der Waals surface area contributed by atoms with Gasteiger partial charge in [0.2, 0.25) is 0 Å². The van der Waals surface area contributed by atoms with E-state index in [1.165, 1.54) is 24.3 Å². The number of aromatic hydroxyl groups is 1. The molecule has 0 radical (unpaired) electrons. The van der Waals surface area contributed by atoms with E-state index in [0.29, 0.717) is 49.7 Å². The van der Waals surface area contributed by atoms with Crippen LogP contribution < -0.4 is 4.74 Å². The van der Waals surface area contributed by atoms with Gasteiger partial charge in [-0.3, -0.25) is 4.79 Å². The fourth-order valence-electron chi connectivity index (χ4n) is 3.70. The fourth-order valence-corrected chi connectivity index (χ4v) is 3.70. The number of rotatable bonds is 3. The Morgan fingerprint density at radius 3 is 2.65 bits per heavy atom. The molecule has 0 saturated heterocycles. The molecular weight excluding hydrogens is 449 g/mol. The van der Waals surface area contributed by atoms with Crippen molar-refractivity contribution in [2.24, 2.45) is 0 Å². The predicted molar refractivity (Wildman–Crippen MR) is 121 cm³/mol. The molecule has 0 fully saturated rings. The van der Waals surface area contributed by atoms with E-state index in [4.69, 9.17) is 9.47 Å². The first-order valence-electron chi connectivity index (χ1n) is 11.2. The van der Waals surface area contributed by atoms with Crippen molar-refractivity contribution in [1.29, 1.82) is 0 Å². The number of carbonyl (C=O) groups is 2. The van der Waals surface area contributed by atoms with Crippen molar-refractivity contribution in [3.8, 4) is 11.5 Å². The lowest BCUT2D eigenvalue weighted by Crippen LogP contribution is -2.17. The van der Waals surface area contributed by atoms with E-state index < -0.39 is 23.8 Å². The molecule has 0 saturated carbocycles. The summed E-state index contributed by atoms with van der Waals surface area (Å²) in [4.78, 5) is 24.7. The van der Waals surface area contributed by atoms with Crippen molar-refractivity contribution < 1.29 is 37.3 Å². The van der Waals surface area contributed by atoms with Crippen molar-refractivity contribution in [2.75, 3.05) is 0 Å². The Hall–Kier alpha value is -3.29. The normalized spacial score (nSPS) is 19.0. The van der Waals surface area contributed by atoms with Gasteiger partial charge in [-0.2, -0.15) is 13.2 Å². The van der Waals surface area contributed by atoms with Crippen molar-refractivity contribution in [1.82, 2.24) is 0 Å². The zero-order valence-electron chi connectivity index (χ0n) is 18.9. The summed E-state index contributed by atoms with van der Waals surface area (Å²) >= 11 is 0. The average molecular weight is 476 g/mol. The Morgan fingerprint density at radius 2 is 1.88 bits per heavy atom. The van der Waals surface area contributed by atoms with Crippen LogP contribution in [-0.2, 0) is 22.3 Å². The molecule has 0 bridgehead atoms. The smallest absolute Gasteiger partial charge is 0.416 e. The number of allylic oxidation sites excluding steroid dienone is 1. The number of esters is 1. The lowest BCUT2D eigenvalue weighted by Gasteiger charge is -2.17.